The molecule has 1 rings (SSSR count). The fourth-order valence-electron chi connectivity index (χ4n) is 6.12. The number of ether oxygens (including phenoxy) is 2. The van der Waals surface area contributed by atoms with E-state index >= 15 is 0 Å². The Morgan fingerprint density at radius 1 is 0.820 bits per heavy atom. The second-order valence-electron chi connectivity index (χ2n) is 13.7. The molecule has 5 atom stereocenters. The van der Waals surface area contributed by atoms with E-state index in [1.165, 1.54) is 51.4 Å². The predicted octanol–water partition coefficient (Wildman–Crippen LogP) is 7.82. The van der Waals surface area contributed by atoms with E-state index in [1.807, 2.05) is 12.2 Å². The molecule has 0 aromatic carbocycles. The van der Waals surface area contributed by atoms with Gasteiger partial charge in [0.2, 0.25) is 0 Å². The molecule has 0 aliphatic heterocycles. The highest BCUT2D eigenvalue weighted by atomic mass is 31.2. The van der Waals surface area contributed by atoms with Crippen LogP contribution in [0.25, 0.3) is 0 Å². The third kappa shape index (κ3) is 24.3. The zero-order chi connectivity index (χ0) is 37.0. The van der Waals surface area contributed by atoms with E-state index in [2.05, 4.69) is 18.4 Å². The molecule has 11 nitrogen and oxygen atoms in total. The lowest BCUT2D eigenvalue weighted by atomic mass is 9.90. The van der Waals surface area contributed by atoms with Crippen LogP contribution in [0.3, 0.4) is 0 Å². The lowest BCUT2D eigenvalue weighted by molar-refractivity contribution is -0.161. The fraction of sp³-hybridized carbons (Fsp3) is 0.816. The molecule has 1 aliphatic rings. The molecule has 0 spiro atoms. The number of hydrogen-bond acceptors (Lipinski definition) is 9. The van der Waals surface area contributed by atoms with Gasteiger partial charge in [-0.1, -0.05) is 128 Å². The van der Waals surface area contributed by atoms with Crippen molar-refractivity contribution < 1.29 is 52.9 Å². The molecule has 0 amide bonds. The van der Waals surface area contributed by atoms with Gasteiger partial charge in [-0.05, 0) is 32.1 Å². The van der Waals surface area contributed by atoms with Crippen molar-refractivity contribution >= 4 is 25.5 Å². The molecule has 1 saturated carbocycles. The number of rotatable bonds is 31. The first kappa shape index (κ1) is 46.1. The van der Waals surface area contributed by atoms with E-state index in [0.29, 0.717) is 32.1 Å². The number of aliphatic hydroxyl groups excluding tert-OH is 2. The van der Waals surface area contributed by atoms with Crippen LogP contribution in [-0.2, 0) is 32.9 Å². The Labute approximate surface area is 300 Å². The third-order valence-electron chi connectivity index (χ3n) is 9.10. The monoisotopic (exact) mass is 730 g/mol. The molecule has 12 heteroatoms. The zero-order valence-corrected chi connectivity index (χ0v) is 31.7. The molecule has 290 valence electrons. The third-order valence-corrected chi connectivity index (χ3v) is 9.59. The first-order valence-corrected chi connectivity index (χ1v) is 20.8. The molecule has 0 aromatic heterocycles. The summed E-state index contributed by atoms with van der Waals surface area (Å²) in [6, 6.07) is 0. The maximum absolute atomic E-state index is 12.5. The average molecular weight is 731 g/mol. The number of carbonyl (C=O) groups excluding carboxylic acids is 3. The number of carbonyl (C=O) groups is 3. The molecular weight excluding hydrogens is 663 g/mol. The summed E-state index contributed by atoms with van der Waals surface area (Å²) < 4.78 is 26.3. The van der Waals surface area contributed by atoms with E-state index in [1.54, 1.807) is 12.2 Å². The van der Waals surface area contributed by atoms with E-state index in [-0.39, 0.29) is 37.6 Å². The normalized spacial score (nSPS) is 19.4. The molecule has 4 N–H and O–H groups in total. The Bertz CT molecular complexity index is 1020. The van der Waals surface area contributed by atoms with Crippen LogP contribution in [0.5, 0.6) is 0 Å². The van der Waals surface area contributed by atoms with Gasteiger partial charge in [0.15, 0.2) is 6.10 Å². The van der Waals surface area contributed by atoms with Crippen molar-refractivity contribution in [3.8, 4) is 0 Å². The summed E-state index contributed by atoms with van der Waals surface area (Å²) >= 11 is 0. The number of Topliss-reactive ketones (excluding diaryl/α,β-unsaturated/α-hetero) is 1. The van der Waals surface area contributed by atoms with E-state index in [9.17, 15) is 29.2 Å². The number of hydrogen-bond donors (Lipinski definition) is 4. The average Bonchev–Trinajstić information content (AvgIpc) is 3.33. The summed E-state index contributed by atoms with van der Waals surface area (Å²) in [5, 5.41) is 20.6. The number of unbranched alkanes of at least 4 members (excludes halogenated alkanes) is 14. The maximum Gasteiger partial charge on any atom is 0.469 e. The maximum atomic E-state index is 12.5. The Kier molecular flexibility index (Phi) is 26.5. The van der Waals surface area contributed by atoms with Crippen LogP contribution in [0, 0.1) is 11.8 Å². The van der Waals surface area contributed by atoms with Crippen LogP contribution < -0.4 is 0 Å². The molecule has 50 heavy (non-hydrogen) atoms. The highest BCUT2D eigenvalue weighted by molar-refractivity contribution is 7.46. The molecular formula is C38H67O11P. The van der Waals surface area contributed by atoms with Gasteiger partial charge in [0.05, 0.1) is 18.8 Å². The number of ketones is 1. The molecule has 0 bridgehead atoms. The minimum Gasteiger partial charge on any atom is -0.462 e. The second-order valence-corrected chi connectivity index (χ2v) is 14.9. The van der Waals surface area contributed by atoms with E-state index in [4.69, 9.17) is 19.3 Å². The van der Waals surface area contributed by atoms with Crippen LogP contribution in [0.2, 0.25) is 0 Å². The number of phosphoric acid groups is 1. The van der Waals surface area contributed by atoms with Crippen molar-refractivity contribution in [1.82, 2.24) is 0 Å². The summed E-state index contributed by atoms with van der Waals surface area (Å²) in [7, 11) is -4.82. The fourth-order valence-corrected chi connectivity index (χ4v) is 6.48. The van der Waals surface area contributed by atoms with Gasteiger partial charge < -0.3 is 29.5 Å². The zero-order valence-electron chi connectivity index (χ0n) is 30.8. The van der Waals surface area contributed by atoms with Crippen LogP contribution in [0.15, 0.2) is 24.3 Å². The van der Waals surface area contributed by atoms with Gasteiger partial charge in [-0.15, -0.1) is 0 Å². The Balaban J connectivity index is 2.36. The van der Waals surface area contributed by atoms with E-state index in [0.717, 1.165) is 38.5 Å². The van der Waals surface area contributed by atoms with Crippen molar-refractivity contribution in [1.29, 1.82) is 0 Å². The summed E-state index contributed by atoms with van der Waals surface area (Å²) in [5.41, 5.74) is 0. The van der Waals surface area contributed by atoms with Crippen LogP contribution in [0.4, 0.5) is 0 Å². The van der Waals surface area contributed by atoms with Gasteiger partial charge in [-0.2, -0.15) is 0 Å². The second kappa shape index (κ2) is 28.7. The quantitative estimate of drug-likeness (QED) is 0.0237. The lowest BCUT2D eigenvalue weighted by Gasteiger charge is -2.18. The molecule has 0 saturated heterocycles. The van der Waals surface area contributed by atoms with Crippen molar-refractivity contribution in [2.75, 3.05) is 13.2 Å². The van der Waals surface area contributed by atoms with Crippen LogP contribution >= 0.6 is 7.82 Å². The molecule has 1 fully saturated rings. The van der Waals surface area contributed by atoms with Crippen LogP contribution in [-0.4, -0.2) is 69.2 Å². The van der Waals surface area contributed by atoms with Gasteiger partial charge in [0.25, 0.3) is 0 Å². The summed E-state index contributed by atoms with van der Waals surface area (Å²) in [5.74, 6) is -1.84. The highest BCUT2D eigenvalue weighted by Gasteiger charge is 2.39. The number of phosphoric ester groups is 1. The van der Waals surface area contributed by atoms with Gasteiger partial charge in [0, 0.05) is 31.1 Å². The van der Waals surface area contributed by atoms with Gasteiger partial charge in [0.1, 0.15) is 12.4 Å². The summed E-state index contributed by atoms with van der Waals surface area (Å²) in [4.78, 5) is 55.3. The molecule has 0 aromatic rings. The number of esters is 2. The Morgan fingerprint density at radius 2 is 1.40 bits per heavy atom. The van der Waals surface area contributed by atoms with Gasteiger partial charge in [-0.3, -0.25) is 18.9 Å². The molecule has 0 heterocycles. The van der Waals surface area contributed by atoms with Crippen molar-refractivity contribution in [2.24, 2.45) is 11.8 Å². The smallest absolute Gasteiger partial charge is 0.462 e. The number of aliphatic hydroxyl groups is 2. The topological polar surface area (TPSA) is 177 Å². The molecule has 0 unspecified atom stereocenters. The van der Waals surface area contributed by atoms with Gasteiger partial charge in [-0.25, -0.2) is 4.57 Å². The lowest BCUT2D eigenvalue weighted by Crippen LogP contribution is -2.29. The predicted molar refractivity (Wildman–Crippen MR) is 194 cm³/mol. The first-order valence-electron chi connectivity index (χ1n) is 19.2. The standard InChI is InChI=1S/C38H67O11P/c1-3-5-7-8-9-10-11-12-13-14-15-20-24-37(42)47-29-32(30-48-50(44,45)46)49-38(43)25-21-17-16-19-23-33-34(36(41)28-35(33)40)27-26-31(39)22-18-6-4-2/h16,19,26-27,31-35,39-40H,3-15,17-18,20-25,28-30H2,1-2H3,(H2,44,45,46)/b19-16-,27-26+/t31-,32+,33+,34+,35-/m0/s1. The SMILES string of the molecule is CCCCCCCCCCCCCCC(=O)OC[C@H](COP(=O)(O)O)OC(=O)CCC/C=C\C[C@H]1[C@@H](O)CC(=O)[C@@H]1/C=C/[C@@H](O)CCCCC. The minimum atomic E-state index is -4.82. The van der Waals surface area contributed by atoms with Crippen LogP contribution in [0.1, 0.15) is 155 Å². The minimum absolute atomic E-state index is 0.0232. The van der Waals surface area contributed by atoms with Crippen molar-refractivity contribution in [3.05, 3.63) is 24.3 Å². The summed E-state index contributed by atoms with van der Waals surface area (Å²) in [6.07, 6.45) is 24.1. The Hall–Kier alpha value is -1.88. The van der Waals surface area contributed by atoms with Crippen molar-refractivity contribution in [2.45, 2.75) is 173 Å². The number of allylic oxidation sites excluding steroid dienone is 3. The largest absolute Gasteiger partial charge is 0.469 e. The summed E-state index contributed by atoms with van der Waals surface area (Å²) in [6.45, 7) is 3.34. The molecule has 0 radical (unpaired) electrons. The van der Waals surface area contributed by atoms with Gasteiger partial charge >= 0.3 is 19.8 Å². The highest BCUT2D eigenvalue weighted by Crippen LogP contribution is 2.36. The Morgan fingerprint density at radius 3 is 2.02 bits per heavy atom. The van der Waals surface area contributed by atoms with E-state index < -0.39 is 50.6 Å². The molecule has 1 aliphatic carbocycles. The first-order chi connectivity index (χ1) is 24.0. The van der Waals surface area contributed by atoms with Crippen molar-refractivity contribution in [3.63, 3.8) is 0 Å².